The molecular formula is C16H19NO2. The summed E-state index contributed by atoms with van der Waals surface area (Å²) in [7, 11) is 0. The fraction of sp³-hybridized carbons (Fsp3) is 0.438. The highest BCUT2D eigenvalue weighted by Crippen LogP contribution is 2.36. The Bertz CT molecular complexity index is 582. The molecule has 2 unspecified atom stereocenters. The van der Waals surface area contributed by atoms with Crippen LogP contribution >= 0.6 is 0 Å². The first-order chi connectivity index (χ1) is 9.29. The number of benzene rings is 1. The first-order valence-electron chi connectivity index (χ1n) is 6.88. The summed E-state index contributed by atoms with van der Waals surface area (Å²) < 4.78 is 5.94. The van der Waals surface area contributed by atoms with E-state index in [1.165, 1.54) is 5.56 Å². The molecule has 2 heterocycles. The van der Waals surface area contributed by atoms with E-state index in [0.29, 0.717) is 0 Å². The van der Waals surface area contributed by atoms with Gasteiger partial charge in [-0.25, -0.2) is 0 Å². The highest BCUT2D eigenvalue weighted by Gasteiger charge is 2.28. The summed E-state index contributed by atoms with van der Waals surface area (Å²) in [5, 5.41) is 10.7. The minimum atomic E-state index is -0.00894. The molecule has 19 heavy (non-hydrogen) atoms. The monoisotopic (exact) mass is 257 g/mol. The highest BCUT2D eigenvalue weighted by molar-refractivity contribution is 5.82. The first-order valence-corrected chi connectivity index (χ1v) is 6.88. The fourth-order valence-electron chi connectivity index (χ4n) is 2.95. The SMILES string of the molecule is Cc1cc(C2OCCCC2CO)c2ccccc2n1. The average Bonchev–Trinajstić information content (AvgIpc) is 2.46. The Balaban J connectivity index is 2.12. The Morgan fingerprint density at radius 1 is 1.37 bits per heavy atom. The van der Waals surface area contributed by atoms with E-state index in [-0.39, 0.29) is 18.6 Å². The van der Waals surface area contributed by atoms with Gasteiger partial charge in [-0.3, -0.25) is 4.98 Å². The van der Waals surface area contributed by atoms with E-state index >= 15 is 0 Å². The summed E-state index contributed by atoms with van der Waals surface area (Å²) in [5.41, 5.74) is 3.17. The first kappa shape index (κ1) is 12.6. The standard InChI is InChI=1S/C16H19NO2/c1-11-9-14(13-6-2-3-7-15(13)17-11)16-12(10-18)5-4-8-19-16/h2-3,6-7,9,12,16,18H,4-5,8,10H2,1H3. The van der Waals surface area contributed by atoms with Gasteiger partial charge in [0.2, 0.25) is 0 Å². The maximum Gasteiger partial charge on any atom is 0.0882 e. The lowest BCUT2D eigenvalue weighted by Crippen LogP contribution is -2.25. The van der Waals surface area contributed by atoms with Crippen molar-refractivity contribution in [2.75, 3.05) is 13.2 Å². The van der Waals surface area contributed by atoms with Crippen molar-refractivity contribution < 1.29 is 9.84 Å². The third-order valence-corrected chi connectivity index (χ3v) is 3.86. The van der Waals surface area contributed by atoms with Gasteiger partial charge in [0.25, 0.3) is 0 Å². The van der Waals surface area contributed by atoms with Gasteiger partial charge in [0.05, 0.1) is 11.6 Å². The highest BCUT2D eigenvalue weighted by atomic mass is 16.5. The number of hydrogen-bond donors (Lipinski definition) is 1. The molecule has 1 aromatic heterocycles. The normalized spacial score (nSPS) is 23.7. The number of aryl methyl sites for hydroxylation is 1. The van der Waals surface area contributed by atoms with Crippen LogP contribution in [-0.2, 0) is 4.74 Å². The number of rotatable bonds is 2. The Hall–Kier alpha value is -1.45. The van der Waals surface area contributed by atoms with Crippen LogP contribution < -0.4 is 0 Å². The minimum Gasteiger partial charge on any atom is -0.396 e. The van der Waals surface area contributed by atoms with Gasteiger partial charge in [0, 0.05) is 30.2 Å². The number of aliphatic hydroxyl groups excluding tert-OH is 1. The number of nitrogens with zero attached hydrogens (tertiary/aromatic N) is 1. The molecule has 1 fully saturated rings. The Kier molecular flexibility index (Phi) is 3.49. The molecule has 3 nitrogen and oxygen atoms in total. The zero-order valence-electron chi connectivity index (χ0n) is 11.2. The summed E-state index contributed by atoms with van der Waals surface area (Å²) >= 11 is 0. The maximum atomic E-state index is 9.57. The Morgan fingerprint density at radius 3 is 3.05 bits per heavy atom. The van der Waals surface area contributed by atoms with E-state index in [0.717, 1.165) is 36.0 Å². The van der Waals surface area contributed by atoms with Gasteiger partial charge in [-0.15, -0.1) is 0 Å². The van der Waals surface area contributed by atoms with Crippen LogP contribution in [-0.4, -0.2) is 23.3 Å². The summed E-state index contributed by atoms with van der Waals surface area (Å²) in [6.07, 6.45) is 2.05. The number of aromatic nitrogens is 1. The van der Waals surface area contributed by atoms with E-state index in [1.54, 1.807) is 0 Å². The van der Waals surface area contributed by atoms with E-state index in [9.17, 15) is 5.11 Å². The molecule has 0 aliphatic carbocycles. The largest absolute Gasteiger partial charge is 0.396 e. The summed E-state index contributed by atoms with van der Waals surface area (Å²) in [4.78, 5) is 4.56. The van der Waals surface area contributed by atoms with Crippen molar-refractivity contribution in [2.24, 2.45) is 5.92 Å². The van der Waals surface area contributed by atoms with Crippen molar-refractivity contribution >= 4 is 10.9 Å². The molecule has 0 radical (unpaired) electrons. The number of fused-ring (bicyclic) bond motifs is 1. The zero-order valence-corrected chi connectivity index (χ0v) is 11.2. The second kappa shape index (κ2) is 5.27. The van der Waals surface area contributed by atoms with Crippen LogP contribution in [0.3, 0.4) is 0 Å². The van der Waals surface area contributed by atoms with Crippen molar-refractivity contribution in [3.05, 3.63) is 41.6 Å². The summed E-state index contributed by atoms with van der Waals surface area (Å²) in [6, 6.07) is 10.2. The Morgan fingerprint density at radius 2 is 2.21 bits per heavy atom. The molecule has 0 saturated carbocycles. The predicted molar refractivity (Wildman–Crippen MR) is 75.0 cm³/mol. The van der Waals surface area contributed by atoms with Crippen LogP contribution in [0.1, 0.15) is 30.2 Å². The van der Waals surface area contributed by atoms with Crippen LogP contribution in [0.4, 0.5) is 0 Å². The van der Waals surface area contributed by atoms with Crippen LogP contribution in [0.2, 0.25) is 0 Å². The molecule has 0 bridgehead atoms. The lowest BCUT2D eigenvalue weighted by atomic mass is 9.88. The number of aliphatic hydroxyl groups is 1. The van der Waals surface area contributed by atoms with E-state index in [4.69, 9.17) is 4.74 Å². The third-order valence-electron chi connectivity index (χ3n) is 3.86. The van der Waals surface area contributed by atoms with Crippen molar-refractivity contribution in [2.45, 2.75) is 25.9 Å². The van der Waals surface area contributed by atoms with Crippen molar-refractivity contribution in [1.29, 1.82) is 0 Å². The van der Waals surface area contributed by atoms with Gasteiger partial charge < -0.3 is 9.84 Å². The van der Waals surface area contributed by atoms with Crippen molar-refractivity contribution in [3.63, 3.8) is 0 Å². The lowest BCUT2D eigenvalue weighted by molar-refractivity contribution is -0.0449. The molecule has 1 N–H and O–H groups in total. The molecule has 100 valence electrons. The van der Waals surface area contributed by atoms with E-state index in [1.807, 2.05) is 25.1 Å². The number of ether oxygens (including phenoxy) is 1. The van der Waals surface area contributed by atoms with Gasteiger partial charge in [-0.1, -0.05) is 18.2 Å². The van der Waals surface area contributed by atoms with Crippen molar-refractivity contribution in [3.8, 4) is 0 Å². The van der Waals surface area contributed by atoms with Gasteiger partial charge in [0.15, 0.2) is 0 Å². The number of pyridine rings is 1. The molecule has 1 saturated heterocycles. The number of hydrogen-bond acceptors (Lipinski definition) is 3. The Labute approximate surface area is 113 Å². The maximum absolute atomic E-state index is 9.57. The lowest BCUT2D eigenvalue weighted by Gasteiger charge is -2.31. The molecule has 2 aromatic rings. The molecule has 0 spiro atoms. The quantitative estimate of drug-likeness (QED) is 0.899. The van der Waals surface area contributed by atoms with Gasteiger partial charge in [-0.2, -0.15) is 0 Å². The molecule has 3 rings (SSSR count). The van der Waals surface area contributed by atoms with Crippen LogP contribution in [0, 0.1) is 12.8 Å². The average molecular weight is 257 g/mol. The van der Waals surface area contributed by atoms with Crippen LogP contribution in [0.5, 0.6) is 0 Å². The predicted octanol–water partition coefficient (Wildman–Crippen LogP) is 3.00. The van der Waals surface area contributed by atoms with Crippen LogP contribution in [0.25, 0.3) is 10.9 Å². The molecular weight excluding hydrogens is 238 g/mol. The third kappa shape index (κ3) is 2.36. The zero-order chi connectivity index (χ0) is 13.2. The summed E-state index contributed by atoms with van der Waals surface area (Å²) in [6.45, 7) is 2.96. The van der Waals surface area contributed by atoms with Crippen molar-refractivity contribution in [1.82, 2.24) is 4.98 Å². The number of para-hydroxylation sites is 1. The van der Waals surface area contributed by atoms with Gasteiger partial charge >= 0.3 is 0 Å². The molecule has 0 amide bonds. The molecule has 3 heteroatoms. The molecule has 1 aromatic carbocycles. The topological polar surface area (TPSA) is 42.4 Å². The van der Waals surface area contributed by atoms with Crippen LogP contribution in [0.15, 0.2) is 30.3 Å². The van der Waals surface area contributed by atoms with Gasteiger partial charge in [0.1, 0.15) is 0 Å². The molecule has 2 atom stereocenters. The summed E-state index contributed by atoms with van der Waals surface area (Å²) in [5.74, 6) is 0.193. The molecule has 1 aliphatic rings. The van der Waals surface area contributed by atoms with Gasteiger partial charge in [-0.05, 0) is 37.5 Å². The second-order valence-corrected chi connectivity index (χ2v) is 5.25. The fourth-order valence-corrected chi connectivity index (χ4v) is 2.95. The van der Waals surface area contributed by atoms with E-state index in [2.05, 4.69) is 17.1 Å². The smallest absolute Gasteiger partial charge is 0.0882 e. The second-order valence-electron chi connectivity index (χ2n) is 5.25. The van der Waals surface area contributed by atoms with E-state index < -0.39 is 0 Å². The minimum absolute atomic E-state index is 0.00894. The molecule has 1 aliphatic heterocycles.